The van der Waals surface area contributed by atoms with Crippen molar-refractivity contribution in [3.05, 3.63) is 58.4 Å². The van der Waals surface area contributed by atoms with Crippen LogP contribution < -0.4 is 10.0 Å². The Hall–Kier alpha value is -3.30. The molecule has 0 aliphatic carbocycles. The zero-order valence-electron chi connectivity index (χ0n) is 19.9. The van der Waals surface area contributed by atoms with Gasteiger partial charge in [-0.3, -0.25) is 24.5 Å². The average Bonchev–Trinajstić information content (AvgIpc) is 2.81. The Kier molecular flexibility index (Phi) is 9.70. The highest BCUT2D eigenvalue weighted by Crippen LogP contribution is 2.29. The molecule has 10 heteroatoms. The first-order chi connectivity index (χ1) is 16.2. The first-order valence-electron chi connectivity index (χ1n) is 10.7. The van der Waals surface area contributed by atoms with Crippen LogP contribution in [0.1, 0.15) is 36.7 Å². The SMILES string of the molecule is CCN(C=O)/C(CO)=N\N(C)c1ccc(C=O)c(/C(=N\N(C)c2c(F)cccc2Cl)C(C)C)c1. The van der Waals surface area contributed by atoms with E-state index in [0.717, 1.165) is 6.29 Å². The minimum atomic E-state index is -0.521. The molecule has 0 aromatic heterocycles. The number of hydrogen-bond acceptors (Lipinski definition) is 7. The van der Waals surface area contributed by atoms with E-state index >= 15 is 0 Å². The lowest BCUT2D eigenvalue weighted by atomic mass is 9.95. The topological polar surface area (TPSA) is 88.8 Å². The predicted octanol–water partition coefficient (Wildman–Crippen LogP) is 4.01. The van der Waals surface area contributed by atoms with Crippen molar-refractivity contribution in [3.63, 3.8) is 0 Å². The van der Waals surface area contributed by atoms with Gasteiger partial charge < -0.3 is 5.11 Å². The van der Waals surface area contributed by atoms with Gasteiger partial charge in [0.2, 0.25) is 6.41 Å². The number of hydrogen-bond donors (Lipinski definition) is 1. The molecule has 0 saturated heterocycles. The number of hydrazone groups is 2. The summed E-state index contributed by atoms with van der Waals surface area (Å²) in [5.74, 6) is -0.477. The number of aldehydes is 1. The molecule has 1 N–H and O–H groups in total. The van der Waals surface area contributed by atoms with Crippen LogP contribution in [0, 0.1) is 11.7 Å². The smallest absolute Gasteiger partial charge is 0.215 e. The molecule has 0 unspecified atom stereocenters. The van der Waals surface area contributed by atoms with E-state index in [1.807, 2.05) is 13.8 Å². The second-order valence-electron chi connectivity index (χ2n) is 7.71. The molecule has 1 amide bonds. The molecule has 2 aromatic carbocycles. The Morgan fingerprint density at radius 1 is 1.15 bits per heavy atom. The molecule has 2 rings (SSSR count). The maximum atomic E-state index is 14.4. The molecule has 0 atom stereocenters. The van der Waals surface area contributed by atoms with Gasteiger partial charge in [-0.15, -0.1) is 0 Å². The molecular weight excluding hydrogens is 461 g/mol. The van der Waals surface area contributed by atoms with E-state index in [2.05, 4.69) is 10.2 Å². The van der Waals surface area contributed by atoms with Gasteiger partial charge in [0.05, 0.1) is 16.4 Å². The van der Waals surface area contributed by atoms with Crippen molar-refractivity contribution in [1.82, 2.24) is 4.90 Å². The van der Waals surface area contributed by atoms with Crippen LogP contribution in [0.5, 0.6) is 0 Å². The third-order valence-corrected chi connectivity index (χ3v) is 5.39. The summed E-state index contributed by atoms with van der Waals surface area (Å²) >= 11 is 6.19. The fourth-order valence-electron chi connectivity index (χ4n) is 3.29. The first-order valence-corrected chi connectivity index (χ1v) is 11.1. The van der Waals surface area contributed by atoms with Crippen LogP contribution in [0.4, 0.5) is 15.8 Å². The lowest BCUT2D eigenvalue weighted by Crippen LogP contribution is -2.34. The number of amides is 1. The summed E-state index contributed by atoms with van der Waals surface area (Å²) in [6, 6.07) is 9.44. The zero-order chi connectivity index (χ0) is 25.4. The van der Waals surface area contributed by atoms with Crippen molar-refractivity contribution in [2.24, 2.45) is 16.1 Å². The number of aliphatic hydroxyl groups excluding tert-OH is 1. The van der Waals surface area contributed by atoms with E-state index in [1.165, 1.54) is 27.1 Å². The molecule has 0 fully saturated rings. The molecule has 182 valence electrons. The fourth-order valence-corrected chi connectivity index (χ4v) is 3.57. The van der Waals surface area contributed by atoms with Gasteiger partial charge in [-0.2, -0.15) is 10.2 Å². The summed E-state index contributed by atoms with van der Waals surface area (Å²) in [4.78, 5) is 24.3. The normalized spacial score (nSPS) is 12.0. The minimum Gasteiger partial charge on any atom is -0.388 e. The van der Waals surface area contributed by atoms with E-state index in [1.54, 1.807) is 45.3 Å². The van der Waals surface area contributed by atoms with E-state index in [4.69, 9.17) is 11.6 Å². The number of nitrogens with zero attached hydrogens (tertiary/aromatic N) is 5. The number of benzene rings is 2. The molecule has 34 heavy (non-hydrogen) atoms. The van der Waals surface area contributed by atoms with E-state index < -0.39 is 12.4 Å². The number of carbonyl (C=O) groups excluding carboxylic acids is 2. The van der Waals surface area contributed by atoms with Gasteiger partial charge in [-0.1, -0.05) is 31.5 Å². The second-order valence-corrected chi connectivity index (χ2v) is 8.12. The summed E-state index contributed by atoms with van der Waals surface area (Å²) < 4.78 is 14.4. The summed E-state index contributed by atoms with van der Waals surface area (Å²) in [6.45, 7) is 5.50. The highest BCUT2D eigenvalue weighted by Gasteiger charge is 2.19. The summed E-state index contributed by atoms with van der Waals surface area (Å²) in [5.41, 5.74) is 2.18. The summed E-state index contributed by atoms with van der Waals surface area (Å²) in [5, 5.41) is 21.6. The molecular formula is C24H29ClFN5O3. The summed E-state index contributed by atoms with van der Waals surface area (Å²) in [7, 11) is 3.24. The minimum absolute atomic E-state index is 0.119. The van der Waals surface area contributed by atoms with Gasteiger partial charge in [-0.25, -0.2) is 4.39 Å². The van der Waals surface area contributed by atoms with Gasteiger partial charge in [-0.05, 0) is 43.2 Å². The number of halogens is 2. The van der Waals surface area contributed by atoms with E-state index in [-0.39, 0.29) is 22.5 Å². The van der Waals surface area contributed by atoms with Crippen LogP contribution in [-0.2, 0) is 4.79 Å². The number of amidine groups is 1. The van der Waals surface area contributed by atoms with Gasteiger partial charge in [0, 0.05) is 31.8 Å². The lowest BCUT2D eigenvalue weighted by Gasteiger charge is -2.23. The quantitative estimate of drug-likeness (QED) is 0.236. The maximum Gasteiger partial charge on any atom is 0.215 e. The Bertz CT molecular complexity index is 1070. The molecule has 2 aromatic rings. The number of aliphatic hydroxyl groups is 1. The third kappa shape index (κ3) is 6.18. The first kappa shape index (κ1) is 26.9. The number of carbonyl (C=O) groups is 2. The predicted molar refractivity (Wildman–Crippen MR) is 134 cm³/mol. The van der Waals surface area contributed by atoms with Gasteiger partial charge in [0.1, 0.15) is 18.1 Å². The lowest BCUT2D eigenvalue weighted by molar-refractivity contribution is -0.114. The van der Waals surface area contributed by atoms with Crippen molar-refractivity contribution >= 4 is 47.2 Å². The van der Waals surface area contributed by atoms with Crippen LogP contribution >= 0.6 is 11.6 Å². The van der Waals surface area contributed by atoms with Crippen LogP contribution in [0.3, 0.4) is 0 Å². The maximum absolute atomic E-state index is 14.4. The Morgan fingerprint density at radius 2 is 1.85 bits per heavy atom. The van der Waals surface area contributed by atoms with Crippen molar-refractivity contribution < 1.29 is 19.1 Å². The van der Waals surface area contributed by atoms with Crippen LogP contribution in [-0.4, -0.2) is 61.5 Å². The number of anilines is 2. The zero-order valence-corrected chi connectivity index (χ0v) is 20.6. The fraction of sp³-hybridized carbons (Fsp3) is 0.333. The molecule has 8 nitrogen and oxygen atoms in total. The van der Waals surface area contributed by atoms with Crippen LogP contribution in [0.15, 0.2) is 46.6 Å². The van der Waals surface area contributed by atoms with Crippen LogP contribution in [0.25, 0.3) is 0 Å². The molecule has 0 bridgehead atoms. The molecule has 0 heterocycles. The largest absolute Gasteiger partial charge is 0.388 e. The Labute approximate surface area is 203 Å². The van der Waals surface area contributed by atoms with Crippen molar-refractivity contribution in [2.45, 2.75) is 20.8 Å². The van der Waals surface area contributed by atoms with Crippen molar-refractivity contribution in [2.75, 3.05) is 37.3 Å². The molecule has 0 aliphatic heterocycles. The van der Waals surface area contributed by atoms with Crippen molar-refractivity contribution in [3.8, 4) is 0 Å². The Morgan fingerprint density at radius 3 is 2.38 bits per heavy atom. The molecule has 0 spiro atoms. The second kappa shape index (κ2) is 12.2. The monoisotopic (exact) mass is 489 g/mol. The van der Waals surface area contributed by atoms with E-state index in [9.17, 15) is 19.1 Å². The average molecular weight is 490 g/mol. The number of rotatable bonds is 10. The number of para-hydroxylation sites is 1. The molecule has 0 saturated carbocycles. The highest BCUT2D eigenvalue weighted by atomic mass is 35.5. The summed E-state index contributed by atoms with van der Waals surface area (Å²) in [6.07, 6.45) is 1.32. The molecule has 0 aliphatic rings. The Balaban J connectivity index is 2.59. The van der Waals surface area contributed by atoms with Crippen molar-refractivity contribution in [1.29, 1.82) is 0 Å². The highest BCUT2D eigenvalue weighted by molar-refractivity contribution is 6.33. The standard InChI is InChI=1S/C24H29ClFN5O3/c1-6-31(15-34)22(14-33)27-29(4)18-11-10-17(13-32)19(12-18)23(16(2)3)28-30(5)24-20(25)8-7-9-21(24)26/h7-13,15-16,33H,6,14H2,1-5H3/b27-22-,28-23-. The number of likely N-dealkylation sites (N-methyl/N-ethyl adjacent to an activating group) is 1. The van der Waals surface area contributed by atoms with Gasteiger partial charge in [0.25, 0.3) is 0 Å². The van der Waals surface area contributed by atoms with Gasteiger partial charge >= 0.3 is 0 Å². The molecule has 0 radical (unpaired) electrons. The third-order valence-electron chi connectivity index (χ3n) is 5.09. The van der Waals surface area contributed by atoms with Gasteiger partial charge in [0.15, 0.2) is 12.1 Å². The van der Waals surface area contributed by atoms with E-state index in [0.29, 0.717) is 35.5 Å². The van der Waals surface area contributed by atoms with Crippen LogP contribution in [0.2, 0.25) is 5.02 Å².